The van der Waals surface area contributed by atoms with Gasteiger partial charge >= 0.3 is 0 Å². The van der Waals surface area contributed by atoms with Gasteiger partial charge in [-0.2, -0.15) is 0 Å². The van der Waals surface area contributed by atoms with Gasteiger partial charge in [-0.1, -0.05) is 0 Å². The second kappa shape index (κ2) is 6.43. The number of hydrogen-bond acceptors (Lipinski definition) is 4. The molecule has 0 bridgehead atoms. The van der Waals surface area contributed by atoms with Gasteiger partial charge in [0, 0.05) is 26.3 Å². The van der Waals surface area contributed by atoms with Gasteiger partial charge in [-0.15, -0.1) is 0 Å². The van der Waals surface area contributed by atoms with E-state index in [1.165, 1.54) is 0 Å². The number of ether oxygens (including phenoxy) is 2. The largest absolute Gasteiger partial charge is 0.396 e. The van der Waals surface area contributed by atoms with Gasteiger partial charge in [0.05, 0.1) is 18.3 Å². The molecule has 4 heteroatoms. The zero-order valence-electron chi connectivity index (χ0n) is 9.79. The van der Waals surface area contributed by atoms with Crippen molar-refractivity contribution in [3.05, 3.63) is 0 Å². The van der Waals surface area contributed by atoms with Gasteiger partial charge in [-0.05, 0) is 26.7 Å². The maximum absolute atomic E-state index is 8.59. The fourth-order valence-electron chi connectivity index (χ4n) is 1.69. The van der Waals surface area contributed by atoms with E-state index < -0.39 is 0 Å². The molecule has 90 valence electrons. The van der Waals surface area contributed by atoms with Crippen LogP contribution in [-0.2, 0) is 9.47 Å². The van der Waals surface area contributed by atoms with Crippen molar-refractivity contribution in [3.8, 4) is 0 Å². The molecule has 0 aromatic rings. The number of rotatable bonds is 6. The second-order valence-electron chi connectivity index (χ2n) is 4.64. The minimum absolute atomic E-state index is 0.0859. The van der Waals surface area contributed by atoms with Crippen molar-refractivity contribution >= 4 is 0 Å². The second-order valence-corrected chi connectivity index (χ2v) is 4.64. The van der Waals surface area contributed by atoms with E-state index in [0.717, 1.165) is 25.9 Å². The molecule has 15 heavy (non-hydrogen) atoms. The molecule has 1 aliphatic heterocycles. The molecule has 0 aromatic carbocycles. The predicted molar refractivity (Wildman–Crippen MR) is 59.0 cm³/mol. The highest BCUT2D eigenvalue weighted by Crippen LogP contribution is 2.15. The summed E-state index contributed by atoms with van der Waals surface area (Å²) in [5.41, 5.74) is -0.0859. The first-order valence-corrected chi connectivity index (χ1v) is 5.71. The smallest absolute Gasteiger partial charge is 0.0940 e. The van der Waals surface area contributed by atoms with E-state index in [1.54, 1.807) is 0 Å². The lowest BCUT2D eigenvalue weighted by Crippen LogP contribution is -2.51. The van der Waals surface area contributed by atoms with Gasteiger partial charge in [0.15, 0.2) is 0 Å². The first-order chi connectivity index (χ1) is 7.14. The average Bonchev–Trinajstić information content (AvgIpc) is 2.16. The summed E-state index contributed by atoms with van der Waals surface area (Å²) in [4.78, 5) is 0. The third-order valence-corrected chi connectivity index (χ3v) is 2.41. The Morgan fingerprint density at radius 1 is 1.47 bits per heavy atom. The molecule has 0 saturated carbocycles. The van der Waals surface area contributed by atoms with Crippen molar-refractivity contribution in [3.63, 3.8) is 0 Å². The van der Waals surface area contributed by atoms with Crippen molar-refractivity contribution < 1.29 is 14.6 Å². The van der Waals surface area contributed by atoms with Crippen molar-refractivity contribution in [2.75, 3.05) is 32.9 Å². The SMILES string of the molecule is CC1(C)CNCC(COCCCCO)O1. The highest BCUT2D eigenvalue weighted by Gasteiger charge is 2.28. The summed E-state index contributed by atoms with van der Waals surface area (Å²) in [6.45, 7) is 7.52. The van der Waals surface area contributed by atoms with Gasteiger partial charge in [-0.25, -0.2) is 0 Å². The molecular weight excluding hydrogens is 194 g/mol. The van der Waals surface area contributed by atoms with Crippen molar-refractivity contribution in [2.24, 2.45) is 0 Å². The molecule has 1 unspecified atom stereocenters. The van der Waals surface area contributed by atoms with Crippen LogP contribution in [0.15, 0.2) is 0 Å². The number of unbranched alkanes of at least 4 members (excludes halogenated alkanes) is 1. The van der Waals surface area contributed by atoms with Crippen LogP contribution in [0.4, 0.5) is 0 Å². The lowest BCUT2D eigenvalue weighted by Gasteiger charge is -2.36. The molecule has 0 aliphatic carbocycles. The van der Waals surface area contributed by atoms with Gasteiger partial charge < -0.3 is 19.9 Å². The van der Waals surface area contributed by atoms with Gasteiger partial charge in [0.2, 0.25) is 0 Å². The number of morpholine rings is 1. The van der Waals surface area contributed by atoms with Crippen LogP contribution in [0.25, 0.3) is 0 Å². The van der Waals surface area contributed by atoms with Crippen LogP contribution in [0.2, 0.25) is 0 Å². The predicted octanol–water partition coefficient (Wildman–Crippen LogP) is 0.542. The fourth-order valence-corrected chi connectivity index (χ4v) is 1.69. The van der Waals surface area contributed by atoms with Gasteiger partial charge in [-0.3, -0.25) is 0 Å². The minimum atomic E-state index is -0.0859. The standard InChI is InChI=1S/C11H23NO3/c1-11(2)9-12-7-10(15-11)8-14-6-4-3-5-13/h10,12-13H,3-9H2,1-2H3. The zero-order valence-corrected chi connectivity index (χ0v) is 9.79. The minimum Gasteiger partial charge on any atom is -0.396 e. The summed E-state index contributed by atoms with van der Waals surface area (Å²) in [6.07, 6.45) is 1.89. The first kappa shape index (κ1) is 12.9. The number of aliphatic hydroxyl groups is 1. The highest BCUT2D eigenvalue weighted by atomic mass is 16.5. The lowest BCUT2D eigenvalue weighted by atomic mass is 10.1. The summed E-state index contributed by atoms with van der Waals surface area (Å²) in [6, 6.07) is 0. The maximum atomic E-state index is 8.59. The summed E-state index contributed by atoms with van der Waals surface area (Å²) in [7, 11) is 0. The van der Waals surface area contributed by atoms with Crippen LogP contribution < -0.4 is 5.32 Å². The molecule has 1 atom stereocenters. The van der Waals surface area contributed by atoms with E-state index in [0.29, 0.717) is 13.2 Å². The van der Waals surface area contributed by atoms with Gasteiger partial charge in [0.1, 0.15) is 0 Å². The van der Waals surface area contributed by atoms with Crippen molar-refractivity contribution in [2.45, 2.75) is 38.4 Å². The molecule has 1 heterocycles. The Balaban J connectivity index is 2.05. The third-order valence-electron chi connectivity index (χ3n) is 2.41. The highest BCUT2D eigenvalue weighted by molar-refractivity contribution is 4.81. The zero-order chi connectivity index (χ0) is 11.1. The van der Waals surface area contributed by atoms with Crippen LogP contribution in [0.1, 0.15) is 26.7 Å². The molecule has 0 radical (unpaired) electrons. The Hall–Kier alpha value is -0.160. The molecule has 1 saturated heterocycles. The number of nitrogens with one attached hydrogen (secondary N) is 1. The van der Waals surface area contributed by atoms with Crippen LogP contribution >= 0.6 is 0 Å². The van der Waals surface area contributed by atoms with E-state index in [4.69, 9.17) is 14.6 Å². The topological polar surface area (TPSA) is 50.7 Å². The Morgan fingerprint density at radius 3 is 2.93 bits per heavy atom. The van der Waals surface area contributed by atoms with Crippen molar-refractivity contribution in [1.29, 1.82) is 0 Å². The summed E-state index contributed by atoms with van der Waals surface area (Å²) >= 11 is 0. The molecular formula is C11H23NO3. The molecule has 0 aromatic heterocycles. The van der Waals surface area contributed by atoms with Crippen LogP contribution in [0, 0.1) is 0 Å². The Kier molecular flexibility index (Phi) is 5.53. The molecule has 0 amide bonds. The van der Waals surface area contributed by atoms with Gasteiger partial charge in [0.25, 0.3) is 0 Å². The summed E-state index contributed by atoms with van der Waals surface area (Å²) < 4.78 is 11.3. The quantitative estimate of drug-likeness (QED) is 0.638. The first-order valence-electron chi connectivity index (χ1n) is 5.71. The van der Waals surface area contributed by atoms with Crippen molar-refractivity contribution in [1.82, 2.24) is 5.32 Å². The molecule has 4 nitrogen and oxygen atoms in total. The molecule has 1 aliphatic rings. The van der Waals surface area contributed by atoms with E-state index in [-0.39, 0.29) is 18.3 Å². The molecule has 2 N–H and O–H groups in total. The fraction of sp³-hybridized carbons (Fsp3) is 1.00. The molecule has 1 rings (SSSR count). The molecule has 0 spiro atoms. The Bertz CT molecular complexity index is 173. The Labute approximate surface area is 92.0 Å². The van der Waals surface area contributed by atoms with E-state index in [1.807, 2.05) is 0 Å². The summed E-state index contributed by atoms with van der Waals surface area (Å²) in [5, 5.41) is 11.9. The monoisotopic (exact) mass is 217 g/mol. The lowest BCUT2D eigenvalue weighted by molar-refractivity contribution is -0.120. The van der Waals surface area contributed by atoms with E-state index in [2.05, 4.69) is 19.2 Å². The van der Waals surface area contributed by atoms with Crippen LogP contribution in [0.3, 0.4) is 0 Å². The third kappa shape index (κ3) is 5.47. The van der Waals surface area contributed by atoms with E-state index in [9.17, 15) is 0 Å². The number of hydrogen-bond donors (Lipinski definition) is 2. The summed E-state index contributed by atoms with van der Waals surface area (Å²) in [5.74, 6) is 0. The maximum Gasteiger partial charge on any atom is 0.0940 e. The van der Waals surface area contributed by atoms with Crippen LogP contribution in [0.5, 0.6) is 0 Å². The Morgan fingerprint density at radius 2 is 2.27 bits per heavy atom. The van der Waals surface area contributed by atoms with Crippen LogP contribution in [-0.4, -0.2) is 49.7 Å². The average molecular weight is 217 g/mol. The van der Waals surface area contributed by atoms with E-state index >= 15 is 0 Å². The molecule has 1 fully saturated rings. The normalized spacial score (nSPS) is 25.4. The number of aliphatic hydroxyl groups excluding tert-OH is 1.